The Kier molecular flexibility index (Phi) is 4.26. The summed E-state index contributed by atoms with van der Waals surface area (Å²) in [6, 6.07) is 3.17. The summed E-state index contributed by atoms with van der Waals surface area (Å²) in [4.78, 5) is 36.5. The molecule has 7 nitrogen and oxygen atoms in total. The minimum atomic E-state index is -0.392. The highest BCUT2D eigenvalue weighted by molar-refractivity contribution is 5.98. The predicted octanol–water partition coefficient (Wildman–Crippen LogP) is 2.42. The van der Waals surface area contributed by atoms with E-state index >= 15 is 0 Å². The van der Waals surface area contributed by atoms with Crippen molar-refractivity contribution in [2.75, 3.05) is 13.2 Å². The highest BCUT2D eigenvalue weighted by atomic mass is 16.6. The Labute approximate surface area is 139 Å². The fourth-order valence-corrected chi connectivity index (χ4v) is 3.28. The largest absolute Gasteiger partial charge is 0.464 e. The Morgan fingerprint density at radius 1 is 1.46 bits per heavy atom. The van der Waals surface area contributed by atoms with Crippen LogP contribution in [-0.2, 0) is 16.0 Å². The topological polar surface area (TPSA) is 89.8 Å². The van der Waals surface area contributed by atoms with Crippen LogP contribution in [-0.4, -0.2) is 40.9 Å². The van der Waals surface area contributed by atoms with E-state index in [9.17, 15) is 19.7 Å². The van der Waals surface area contributed by atoms with E-state index in [1.807, 2.05) is 0 Å². The first kappa shape index (κ1) is 16.4. The molecule has 128 valence electrons. The number of nitrogens with zero attached hydrogens (tertiary/aromatic N) is 2. The standard InChI is InChI=1S/C17H20N2O5/c1-10(9-24-11(2)20)18-8-7-14-15(17(18)21)6-5-13(12-3-4-12)16(14)19(22)23/h5-6,10,12H,3-4,7-9H2,1-2H3. The maximum absolute atomic E-state index is 12.7. The molecule has 0 bridgehead atoms. The van der Waals surface area contributed by atoms with E-state index in [-0.39, 0.29) is 35.1 Å². The van der Waals surface area contributed by atoms with Crippen LogP contribution in [0.3, 0.4) is 0 Å². The van der Waals surface area contributed by atoms with Crippen molar-refractivity contribution in [3.05, 3.63) is 38.9 Å². The molecular formula is C17H20N2O5. The van der Waals surface area contributed by atoms with Crippen molar-refractivity contribution in [2.24, 2.45) is 0 Å². The van der Waals surface area contributed by atoms with Crippen molar-refractivity contribution in [2.45, 2.75) is 45.1 Å². The lowest BCUT2D eigenvalue weighted by Crippen LogP contribution is -2.45. The lowest BCUT2D eigenvalue weighted by molar-refractivity contribution is -0.386. The smallest absolute Gasteiger partial charge is 0.302 e. The fourth-order valence-electron chi connectivity index (χ4n) is 3.28. The van der Waals surface area contributed by atoms with Gasteiger partial charge in [-0.3, -0.25) is 19.7 Å². The second kappa shape index (κ2) is 6.22. The molecule has 1 atom stereocenters. The minimum Gasteiger partial charge on any atom is -0.464 e. The van der Waals surface area contributed by atoms with Crippen LogP contribution in [0.2, 0.25) is 0 Å². The van der Waals surface area contributed by atoms with E-state index in [1.165, 1.54) is 6.92 Å². The van der Waals surface area contributed by atoms with Gasteiger partial charge in [0.05, 0.1) is 11.0 Å². The zero-order chi connectivity index (χ0) is 17.4. The van der Waals surface area contributed by atoms with Gasteiger partial charge in [0, 0.05) is 30.2 Å². The van der Waals surface area contributed by atoms with Crippen LogP contribution in [0.5, 0.6) is 0 Å². The van der Waals surface area contributed by atoms with Crippen molar-refractivity contribution >= 4 is 17.6 Å². The normalized spacial score (nSPS) is 18.1. The van der Waals surface area contributed by atoms with Crippen LogP contribution in [0.1, 0.15) is 54.1 Å². The Balaban J connectivity index is 1.89. The molecule has 1 aromatic rings. The summed E-state index contributed by atoms with van der Waals surface area (Å²) in [5.41, 5.74) is 1.82. The highest BCUT2D eigenvalue weighted by Crippen LogP contribution is 2.46. The second-order valence-corrected chi connectivity index (χ2v) is 6.46. The number of rotatable bonds is 5. The van der Waals surface area contributed by atoms with Crippen LogP contribution in [0, 0.1) is 10.1 Å². The number of fused-ring (bicyclic) bond motifs is 1. The third-order valence-corrected chi connectivity index (χ3v) is 4.67. The van der Waals surface area contributed by atoms with E-state index < -0.39 is 5.97 Å². The fraction of sp³-hybridized carbons (Fsp3) is 0.529. The van der Waals surface area contributed by atoms with Crippen molar-refractivity contribution in [1.82, 2.24) is 4.90 Å². The van der Waals surface area contributed by atoms with Crippen LogP contribution < -0.4 is 0 Å². The number of hydrogen-bond donors (Lipinski definition) is 0. The lowest BCUT2D eigenvalue weighted by Gasteiger charge is -2.33. The molecule has 0 aromatic heterocycles. The third kappa shape index (κ3) is 2.98. The van der Waals surface area contributed by atoms with Gasteiger partial charge in [0.25, 0.3) is 11.6 Å². The van der Waals surface area contributed by atoms with E-state index in [1.54, 1.807) is 24.0 Å². The van der Waals surface area contributed by atoms with Gasteiger partial charge in [0.15, 0.2) is 0 Å². The summed E-state index contributed by atoms with van der Waals surface area (Å²) in [5.74, 6) is -0.371. The molecule has 7 heteroatoms. The first-order valence-corrected chi connectivity index (χ1v) is 8.14. The average Bonchev–Trinajstić information content (AvgIpc) is 3.36. The first-order chi connectivity index (χ1) is 11.4. The Hall–Kier alpha value is -2.44. The summed E-state index contributed by atoms with van der Waals surface area (Å²) in [6.07, 6.45) is 2.39. The number of carbonyl (C=O) groups excluding carboxylic acids is 2. The molecule has 24 heavy (non-hydrogen) atoms. The van der Waals surface area contributed by atoms with Gasteiger partial charge in [0.1, 0.15) is 6.61 Å². The molecule has 0 spiro atoms. The van der Waals surface area contributed by atoms with Crippen molar-refractivity contribution in [3.63, 3.8) is 0 Å². The monoisotopic (exact) mass is 332 g/mol. The van der Waals surface area contributed by atoms with Crippen LogP contribution in [0.15, 0.2) is 12.1 Å². The molecule has 1 aromatic carbocycles. The average molecular weight is 332 g/mol. The zero-order valence-electron chi connectivity index (χ0n) is 13.8. The number of hydrogen-bond acceptors (Lipinski definition) is 5. The second-order valence-electron chi connectivity index (χ2n) is 6.46. The molecular weight excluding hydrogens is 312 g/mol. The molecule has 1 amide bonds. The zero-order valence-corrected chi connectivity index (χ0v) is 13.8. The molecule has 0 radical (unpaired) electrons. The molecule has 1 saturated carbocycles. The molecule has 1 aliphatic heterocycles. The molecule has 1 heterocycles. The summed E-state index contributed by atoms with van der Waals surface area (Å²) in [5, 5.41) is 11.5. The summed E-state index contributed by atoms with van der Waals surface area (Å²) < 4.78 is 4.97. The van der Waals surface area contributed by atoms with Crippen molar-refractivity contribution < 1.29 is 19.2 Å². The molecule has 1 aliphatic carbocycles. The lowest BCUT2D eigenvalue weighted by atomic mass is 9.92. The number of carbonyl (C=O) groups is 2. The Bertz CT molecular complexity index is 711. The minimum absolute atomic E-state index is 0.121. The number of esters is 1. The van der Waals surface area contributed by atoms with Gasteiger partial charge in [0.2, 0.25) is 0 Å². The van der Waals surface area contributed by atoms with Gasteiger partial charge in [-0.05, 0) is 38.2 Å². The van der Waals surface area contributed by atoms with Crippen molar-refractivity contribution in [3.8, 4) is 0 Å². The maximum atomic E-state index is 12.7. The number of benzene rings is 1. The van der Waals surface area contributed by atoms with E-state index in [0.717, 1.165) is 18.4 Å². The SMILES string of the molecule is CC(=O)OCC(C)N1CCc2c(ccc(C3CC3)c2[N+](=O)[O-])C1=O. The number of ether oxygens (including phenoxy) is 1. The van der Waals surface area contributed by atoms with Crippen molar-refractivity contribution in [1.29, 1.82) is 0 Å². The molecule has 2 aliphatic rings. The predicted molar refractivity (Wildman–Crippen MR) is 85.9 cm³/mol. The third-order valence-electron chi connectivity index (χ3n) is 4.67. The molecule has 3 rings (SSSR count). The number of nitro groups is 1. The Morgan fingerprint density at radius 2 is 2.17 bits per heavy atom. The van der Waals surface area contributed by atoms with Gasteiger partial charge in [-0.1, -0.05) is 6.07 Å². The number of nitro benzene ring substituents is 1. The summed E-state index contributed by atoms with van der Waals surface area (Å²) >= 11 is 0. The molecule has 1 fully saturated rings. The van der Waals surface area contributed by atoms with Gasteiger partial charge >= 0.3 is 5.97 Å². The van der Waals surface area contributed by atoms with Gasteiger partial charge < -0.3 is 9.64 Å². The molecule has 0 N–H and O–H groups in total. The number of amides is 1. The van der Waals surface area contributed by atoms with Crippen LogP contribution in [0.4, 0.5) is 5.69 Å². The van der Waals surface area contributed by atoms with Gasteiger partial charge in [-0.2, -0.15) is 0 Å². The van der Waals surface area contributed by atoms with E-state index in [4.69, 9.17) is 4.74 Å². The molecule has 1 unspecified atom stereocenters. The quantitative estimate of drug-likeness (QED) is 0.469. The first-order valence-electron chi connectivity index (χ1n) is 8.14. The van der Waals surface area contributed by atoms with E-state index in [0.29, 0.717) is 24.1 Å². The van der Waals surface area contributed by atoms with Gasteiger partial charge in [-0.15, -0.1) is 0 Å². The van der Waals surface area contributed by atoms with Crippen LogP contribution >= 0.6 is 0 Å². The van der Waals surface area contributed by atoms with E-state index in [2.05, 4.69) is 0 Å². The summed E-state index contributed by atoms with van der Waals surface area (Å²) in [7, 11) is 0. The Morgan fingerprint density at radius 3 is 2.75 bits per heavy atom. The van der Waals surface area contributed by atoms with Gasteiger partial charge in [-0.25, -0.2) is 0 Å². The summed E-state index contributed by atoms with van der Waals surface area (Å²) in [6.45, 7) is 3.64. The van der Waals surface area contributed by atoms with Crippen LogP contribution in [0.25, 0.3) is 0 Å². The molecule has 0 saturated heterocycles. The maximum Gasteiger partial charge on any atom is 0.302 e. The highest BCUT2D eigenvalue weighted by Gasteiger charge is 2.38.